The highest BCUT2D eigenvalue weighted by Gasteiger charge is 2.47. The van der Waals surface area contributed by atoms with Gasteiger partial charge >= 0.3 is 0 Å². The van der Waals surface area contributed by atoms with Crippen LogP contribution in [0.1, 0.15) is 25.8 Å². The predicted octanol–water partition coefficient (Wildman–Crippen LogP) is 4.78. The van der Waals surface area contributed by atoms with Crippen LogP contribution in [0.3, 0.4) is 0 Å². The minimum Gasteiger partial charge on any atom is -0.334 e. The normalized spacial score (nSPS) is 11.7. The molecule has 0 saturated carbocycles. The first-order valence-electron chi connectivity index (χ1n) is 11.4. The molecule has 0 radical (unpaired) electrons. The lowest BCUT2D eigenvalue weighted by atomic mass is 9.89. The molecule has 7 heteroatoms. The van der Waals surface area contributed by atoms with Crippen LogP contribution in [-0.2, 0) is 20.8 Å². The van der Waals surface area contributed by atoms with Gasteiger partial charge in [-0.3, -0.25) is 14.4 Å². The Labute approximate surface area is 211 Å². The number of anilines is 2. The zero-order valence-electron chi connectivity index (χ0n) is 19.8. The molecule has 0 aliphatic carbocycles. The summed E-state index contributed by atoms with van der Waals surface area (Å²) in [6, 6.07) is 27.1. The number of nitrogens with one attached hydrogen (secondary N) is 3. The molecular weight excluding hydrogens is 458 g/mol. The van der Waals surface area contributed by atoms with Crippen LogP contribution in [-0.4, -0.2) is 28.1 Å². The molecule has 3 N–H and O–H groups in total. The van der Waals surface area contributed by atoms with Crippen LogP contribution in [0.15, 0.2) is 91.0 Å². The van der Waals surface area contributed by atoms with Gasteiger partial charge in [0, 0.05) is 16.2 Å². The average Bonchev–Trinajstić information content (AvgIpc) is 2.87. The molecule has 0 saturated heterocycles. The fourth-order valence-corrected chi connectivity index (χ4v) is 3.90. The Morgan fingerprint density at radius 1 is 0.771 bits per heavy atom. The highest BCUT2D eigenvalue weighted by atomic mass is 32.1. The van der Waals surface area contributed by atoms with Crippen LogP contribution in [0, 0.1) is 5.92 Å². The number of hydrogen-bond donors (Lipinski definition) is 3. The van der Waals surface area contributed by atoms with E-state index in [0.717, 1.165) is 5.56 Å². The van der Waals surface area contributed by atoms with Gasteiger partial charge in [-0.1, -0.05) is 85.9 Å². The van der Waals surface area contributed by atoms with Crippen LogP contribution in [0.2, 0.25) is 0 Å². The Morgan fingerprint density at radius 3 is 1.60 bits per heavy atom. The number of amides is 3. The third-order valence-electron chi connectivity index (χ3n) is 5.80. The first-order valence-corrected chi connectivity index (χ1v) is 11.9. The van der Waals surface area contributed by atoms with Crippen LogP contribution in [0.5, 0.6) is 0 Å². The number of para-hydroxylation sites is 2. The third kappa shape index (κ3) is 6.61. The zero-order chi connectivity index (χ0) is 25.3. The van der Waals surface area contributed by atoms with Gasteiger partial charge in [0.1, 0.15) is 0 Å². The number of carbonyl (C=O) groups excluding carboxylic acids is 3. The summed E-state index contributed by atoms with van der Waals surface area (Å²) in [6.45, 7) is 3.39. The lowest BCUT2D eigenvalue weighted by molar-refractivity contribution is -0.139. The quantitative estimate of drug-likeness (QED) is 0.284. The molecule has 0 fully saturated rings. The van der Waals surface area contributed by atoms with E-state index in [0.29, 0.717) is 22.7 Å². The van der Waals surface area contributed by atoms with Gasteiger partial charge in [0.05, 0.1) is 5.92 Å². The molecule has 0 spiro atoms. The second-order valence-electron chi connectivity index (χ2n) is 8.24. The van der Waals surface area contributed by atoms with Gasteiger partial charge in [0.2, 0.25) is 5.91 Å². The van der Waals surface area contributed by atoms with E-state index >= 15 is 0 Å². The molecule has 3 aromatic carbocycles. The molecule has 3 aromatic rings. The van der Waals surface area contributed by atoms with Crippen LogP contribution < -0.4 is 16.0 Å². The van der Waals surface area contributed by atoms with Gasteiger partial charge in [-0.2, -0.15) is 0 Å². The monoisotopic (exact) mass is 487 g/mol. The fraction of sp³-hybridized carbons (Fsp3) is 0.214. The molecule has 180 valence electrons. The SMILES string of the molecule is CCC(NC(=O)[C@H](Cc1ccccc1)C(C)=S)(C(=O)Nc1ccccc1)C(=O)Nc1ccccc1. The van der Waals surface area contributed by atoms with Crippen molar-refractivity contribution in [1.82, 2.24) is 5.32 Å². The molecule has 3 rings (SSSR count). The maximum absolute atomic E-state index is 13.6. The lowest BCUT2D eigenvalue weighted by Crippen LogP contribution is -2.64. The molecule has 1 atom stereocenters. The van der Waals surface area contributed by atoms with Crippen molar-refractivity contribution < 1.29 is 14.4 Å². The summed E-state index contributed by atoms with van der Waals surface area (Å²) in [5, 5.41) is 8.32. The molecule has 0 aliphatic rings. The largest absolute Gasteiger partial charge is 0.334 e. The van der Waals surface area contributed by atoms with E-state index in [1.165, 1.54) is 0 Å². The highest BCUT2D eigenvalue weighted by molar-refractivity contribution is 7.80. The molecule has 3 amide bonds. The van der Waals surface area contributed by atoms with Crippen molar-refractivity contribution in [2.75, 3.05) is 10.6 Å². The van der Waals surface area contributed by atoms with Crippen molar-refractivity contribution >= 4 is 46.2 Å². The highest BCUT2D eigenvalue weighted by Crippen LogP contribution is 2.21. The standard InChI is InChI=1S/C28H29N3O3S/c1-3-28(26(33)29-22-15-9-5-10-16-22,27(34)30-23-17-11-6-12-18-23)31-25(32)24(20(2)35)19-21-13-7-4-8-14-21/h4-18,24H,3,19H2,1-2H3,(H,29,33)(H,30,34)(H,31,32)/t24-/m1/s1. The number of carbonyl (C=O) groups is 3. The van der Waals surface area contributed by atoms with Gasteiger partial charge in [-0.25, -0.2) is 0 Å². The van der Waals surface area contributed by atoms with E-state index in [-0.39, 0.29) is 6.42 Å². The van der Waals surface area contributed by atoms with Crippen molar-refractivity contribution in [2.45, 2.75) is 32.2 Å². The van der Waals surface area contributed by atoms with Gasteiger partial charge in [0.15, 0.2) is 5.54 Å². The van der Waals surface area contributed by atoms with E-state index in [9.17, 15) is 14.4 Å². The van der Waals surface area contributed by atoms with E-state index in [4.69, 9.17) is 12.2 Å². The zero-order valence-corrected chi connectivity index (χ0v) is 20.6. The summed E-state index contributed by atoms with van der Waals surface area (Å²) < 4.78 is 0. The van der Waals surface area contributed by atoms with Crippen LogP contribution in [0.4, 0.5) is 11.4 Å². The maximum atomic E-state index is 13.6. The fourth-order valence-electron chi connectivity index (χ4n) is 3.71. The van der Waals surface area contributed by atoms with E-state index in [1.54, 1.807) is 62.4 Å². The van der Waals surface area contributed by atoms with Crippen molar-refractivity contribution in [3.8, 4) is 0 Å². The summed E-state index contributed by atoms with van der Waals surface area (Å²) in [5.41, 5.74) is 0.108. The summed E-state index contributed by atoms with van der Waals surface area (Å²) in [5.74, 6) is -2.43. The Balaban J connectivity index is 1.93. The summed E-state index contributed by atoms with van der Waals surface area (Å²) in [7, 11) is 0. The molecule has 0 unspecified atom stereocenters. The Kier molecular flexibility index (Phi) is 8.86. The predicted molar refractivity (Wildman–Crippen MR) is 143 cm³/mol. The first kappa shape index (κ1) is 25.8. The third-order valence-corrected chi connectivity index (χ3v) is 6.08. The van der Waals surface area contributed by atoms with Gasteiger partial charge < -0.3 is 16.0 Å². The van der Waals surface area contributed by atoms with Gasteiger partial charge in [-0.15, -0.1) is 0 Å². The molecular formula is C28H29N3O3S. The minimum atomic E-state index is -1.86. The molecule has 0 aliphatic heterocycles. The molecule has 0 aromatic heterocycles. The van der Waals surface area contributed by atoms with Crippen molar-refractivity contribution in [1.29, 1.82) is 0 Å². The van der Waals surface area contributed by atoms with Crippen molar-refractivity contribution in [3.63, 3.8) is 0 Å². The van der Waals surface area contributed by atoms with Crippen LogP contribution in [0.25, 0.3) is 0 Å². The van der Waals surface area contributed by atoms with E-state index in [1.807, 2.05) is 42.5 Å². The Morgan fingerprint density at radius 2 is 1.20 bits per heavy atom. The average molecular weight is 488 g/mol. The van der Waals surface area contributed by atoms with Gasteiger partial charge in [0.25, 0.3) is 11.8 Å². The second-order valence-corrected chi connectivity index (χ2v) is 8.89. The number of benzene rings is 3. The number of hydrogen-bond acceptors (Lipinski definition) is 4. The molecule has 0 heterocycles. The first-order chi connectivity index (χ1) is 16.9. The Bertz CT molecular complexity index is 1110. The summed E-state index contributed by atoms with van der Waals surface area (Å²) in [6.07, 6.45) is 0.396. The second kappa shape index (κ2) is 12.0. The maximum Gasteiger partial charge on any atom is 0.259 e. The van der Waals surface area contributed by atoms with Crippen molar-refractivity contribution in [3.05, 3.63) is 96.6 Å². The van der Waals surface area contributed by atoms with Gasteiger partial charge in [-0.05, 0) is 49.6 Å². The molecule has 6 nitrogen and oxygen atoms in total. The van der Waals surface area contributed by atoms with Crippen molar-refractivity contribution in [2.24, 2.45) is 5.92 Å². The minimum absolute atomic E-state index is 0.0323. The van der Waals surface area contributed by atoms with E-state index < -0.39 is 29.2 Å². The number of thiocarbonyl (C=S) groups is 1. The lowest BCUT2D eigenvalue weighted by Gasteiger charge is -2.32. The summed E-state index contributed by atoms with van der Waals surface area (Å²) in [4.78, 5) is 41.1. The summed E-state index contributed by atoms with van der Waals surface area (Å²) >= 11 is 5.40. The molecule has 35 heavy (non-hydrogen) atoms. The Hall–Kier alpha value is -3.84. The van der Waals surface area contributed by atoms with Crippen LogP contribution >= 0.6 is 12.2 Å². The molecule has 0 bridgehead atoms. The van der Waals surface area contributed by atoms with E-state index in [2.05, 4.69) is 16.0 Å². The number of rotatable bonds is 10. The smallest absolute Gasteiger partial charge is 0.259 e. The topological polar surface area (TPSA) is 87.3 Å².